The van der Waals surface area contributed by atoms with Gasteiger partial charge in [-0.25, -0.2) is 9.78 Å². The van der Waals surface area contributed by atoms with Crippen molar-refractivity contribution in [1.82, 2.24) is 14.8 Å². The number of hydrogen-bond acceptors (Lipinski definition) is 7. The number of ether oxygens (including phenoxy) is 1. The normalized spacial score (nSPS) is 19.3. The second kappa shape index (κ2) is 7.20. The summed E-state index contributed by atoms with van der Waals surface area (Å²) in [5.74, 6) is -1.04. The molecule has 0 saturated carbocycles. The quantitative estimate of drug-likeness (QED) is 0.771. The molecule has 2 amide bonds. The molecule has 1 aromatic heterocycles. The lowest BCUT2D eigenvalue weighted by atomic mass is 9.91. The van der Waals surface area contributed by atoms with Crippen molar-refractivity contribution in [3.8, 4) is 0 Å². The van der Waals surface area contributed by atoms with Gasteiger partial charge in [0.15, 0.2) is 0 Å². The van der Waals surface area contributed by atoms with Crippen molar-refractivity contribution < 1.29 is 24.2 Å². The Morgan fingerprint density at radius 2 is 2.16 bits per heavy atom. The molecule has 2 aliphatic heterocycles. The Kier molecular flexibility index (Phi) is 5.19. The van der Waals surface area contributed by atoms with Crippen LogP contribution in [0, 0.1) is 0 Å². The SMILES string of the molecule is CSc1nc(C(=O)N2CCC3(CC2)CN(CCC(=O)O)C(=O)O3)cs1. The van der Waals surface area contributed by atoms with E-state index in [2.05, 4.69) is 4.98 Å². The summed E-state index contributed by atoms with van der Waals surface area (Å²) >= 11 is 2.96. The van der Waals surface area contributed by atoms with Crippen LogP contribution in [0.1, 0.15) is 29.8 Å². The van der Waals surface area contributed by atoms with Gasteiger partial charge < -0.3 is 19.6 Å². The molecule has 10 heteroatoms. The van der Waals surface area contributed by atoms with Gasteiger partial charge in [-0.05, 0) is 6.26 Å². The summed E-state index contributed by atoms with van der Waals surface area (Å²) in [7, 11) is 0. The molecule has 2 saturated heterocycles. The number of aromatic nitrogens is 1. The second-order valence-corrected chi connectivity index (χ2v) is 8.02. The zero-order valence-electron chi connectivity index (χ0n) is 13.8. The number of nitrogens with zero attached hydrogens (tertiary/aromatic N) is 3. The predicted octanol–water partition coefficient (Wildman–Crippen LogP) is 1.77. The van der Waals surface area contributed by atoms with Crippen LogP contribution < -0.4 is 0 Å². The summed E-state index contributed by atoms with van der Waals surface area (Å²) in [6.07, 6.45) is 2.45. The Labute approximate surface area is 153 Å². The molecule has 0 radical (unpaired) electrons. The van der Waals surface area contributed by atoms with E-state index in [-0.39, 0.29) is 18.9 Å². The third kappa shape index (κ3) is 3.90. The number of carbonyl (C=O) groups is 3. The summed E-state index contributed by atoms with van der Waals surface area (Å²) in [5, 5.41) is 10.5. The maximum Gasteiger partial charge on any atom is 0.410 e. The Hall–Kier alpha value is -1.81. The minimum atomic E-state index is -0.943. The van der Waals surface area contributed by atoms with E-state index in [1.54, 1.807) is 10.3 Å². The van der Waals surface area contributed by atoms with Crippen molar-refractivity contribution in [2.75, 3.05) is 32.4 Å². The largest absolute Gasteiger partial charge is 0.481 e. The van der Waals surface area contributed by atoms with Gasteiger partial charge in [-0.15, -0.1) is 11.3 Å². The molecule has 0 aliphatic carbocycles. The molecule has 3 heterocycles. The number of likely N-dealkylation sites (tertiary alicyclic amines) is 1. The number of rotatable bonds is 5. The molecule has 3 rings (SSSR count). The van der Waals surface area contributed by atoms with Crippen LogP contribution >= 0.6 is 23.1 Å². The van der Waals surface area contributed by atoms with E-state index in [4.69, 9.17) is 9.84 Å². The average Bonchev–Trinajstić information content (AvgIpc) is 3.18. The highest BCUT2D eigenvalue weighted by Crippen LogP contribution is 2.34. The first-order valence-electron chi connectivity index (χ1n) is 7.91. The van der Waals surface area contributed by atoms with Crippen LogP contribution in [0.2, 0.25) is 0 Å². The Bertz CT molecular complexity index is 684. The van der Waals surface area contributed by atoms with Gasteiger partial charge in [0.1, 0.15) is 15.6 Å². The van der Waals surface area contributed by atoms with E-state index in [9.17, 15) is 14.4 Å². The zero-order chi connectivity index (χ0) is 18.0. The van der Waals surface area contributed by atoms with Crippen molar-refractivity contribution in [3.63, 3.8) is 0 Å². The molecule has 0 unspecified atom stereocenters. The van der Waals surface area contributed by atoms with Gasteiger partial charge in [0.25, 0.3) is 5.91 Å². The maximum absolute atomic E-state index is 12.5. The van der Waals surface area contributed by atoms with E-state index >= 15 is 0 Å². The molecule has 0 atom stereocenters. The fourth-order valence-electron chi connectivity index (χ4n) is 3.08. The standard InChI is InChI=1S/C15H19N3O5S2/c1-24-13-16-10(8-25-13)12(21)17-6-3-15(4-7-17)9-18(14(22)23-15)5-2-11(19)20/h8H,2-7,9H2,1H3,(H,19,20). The highest BCUT2D eigenvalue weighted by atomic mass is 32.2. The lowest BCUT2D eigenvalue weighted by Gasteiger charge is -2.37. The van der Waals surface area contributed by atoms with Crippen LogP contribution in [0.5, 0.6) is 0 Å². The first-order valence-corrected chi connectivity index (χ1v) is 10.0. The molecule has 0 aromatic carbocycles. The molecule has 25 heavy (non-hydrogen) atoms. The van der Waals surface area contributed by atoms with Crippen LogP contribution in [0.15, 0.2) is 9.72 Å². The van der Waals surface area contributed by atoms with Crippen LogP contribution in [-0.2, 0) is 9.53 Å². The zero-order valence-corrected chi connectivity index (χ0v) is 15.4. The molecule has 0 bridgehead atoms. The number of hydrogen-bond donors (Lipinski definition) is 1. The number of aliphatic carboxylic acids is 1. The summed E-state index contributed by atoms with van der Waals surface area (Å²) in [5.41, 5.74) is -0.157. The summed E-state index contributed by atoms with van der Waals surface area (Å²) in [4.78, 5) is 42.6. The van der Waals surface area contributed by atoms with Crippen molar-refractivity contribution in [1.29, 1.82) is 0 Å². The van der Waals surface area contributed by atoms with Gasteiger partial charge in [0, 0.05) is 37.9 Å². The molecule has 8 nitrogen and oxygen atoms in total. The molecule has 1 aromatic rings. The second-order valence-electron chi connectivity index (χ2n) is 6.11. The van der Waals surface area contributed by atoms with Gasteiger partial charge >= 0.3 is 12.1 Å². The van der Waals surface area contributed by atoms with Gasteiger partial charge in [-0.1, -0.05) is 11.8 Å². The summed E-state index contributed by atoms with van der Waals surface area (Å²) in [6.45, 7) is 1.51. The first-order chi connectivity index (χ1) is 11.9. The number of carboxylic acid groups (broad SMARTS) is 1. The monoisotopic (exact) mass is 385 g/mol. The van der Waals surface area contributed by atoms with Crippen LogP contribution in [0.3, 0.4) is 0 Å². The molecule has 1 N–H and O–H groups in total. The Morgan fingerprint density at radius 1 is 1.44 bits per heavy atom. The van der Waals surface area contributed by atoms with Crippen molar-refractivity contribution in [3.05, 3.63) is 11.1 Å². The molecule has 136 valence electrons. The third-order valence-electron chi connectivity index (χ3n) is 4.48. The fraction of sp³-hybridized carbons (Fsp3) is 0.600. The van der Waals surface area contributed by atoms with E-state index < -0.39 is 17.7 Å². The lowest BCUT2D eigenvalue weighted by Crippen LogP contribution is -2.48. The van der Waals surface area contributed by atoms with E-state index in [1.807, 2.05) is 6.26 Å². The van der Waals surface area contributed by atoms with Crippen molar-refractivity contribution in [2.24, 2.45) is 0 Å². The van der Waals surface area contributed by atoms with Gasteiger partial charge in [-0.3, -0.25) is 9.59 Å². The van der Waals surface area contributed by atoms with Crippen molar-refractivity contribution in [2.45, 2.75) is 29.2 Å². The van der Waals surface area contributed by atoms with Crippen LogP contribution in [0.4, 0.5) is 4.79 Å². The summed E-state index contributed by atoms with van der Waals surface area (Å²) in [6, 6.07) is 0. The third-order valence-corrected chi connectivity index (χ3v) is 6.34. The number of carboxylic acids is 1. The smallest absolute Gasteiger partial charge is 0.410 e. The number of amides is 2. The lowest BCUT2D eigenvalue weighted by molar-refractivity contribution is -0.137. The molecule has 1 spiro atoms. The highest BCUT2D eigenvalue weighted by Gasteiger charge is 2.47. The van der Waals surface area contributed by atoms with Crippen LogP contribution in [-0.4, -0.2) is 75.9 Å². The number of thiazole rings is 1. The minimum Gasteiger partial charge on any atom is -0.481 e. The van der Waals surface area contributed by atoms with E-state index in [1.165, 1.54) is 28.0 Å². The van der Waals surface area contributed by atoms with Crippen LogP contribution in [0.25, 0.3) is 0 Å². The van der Waals surface area contributed by atoms with E-state index in [0.717, 1.165) is 4.34 Å². The first kappa shape index (κ1) is 18.0. The molecule has 2 aliphatic rings. The molecule has 2 fully saturated rings. The predicted molar refractivity (Wildman–Crippen MR) is 92.1 cm³/mol. The number of carbonyl (C=O) groups excluding carboxylic acids is 2. The average molecular weight is 385 g/mol. The van der Waals surface area contributed by atoms with Crippen molar-refractivity contribution >= 4 is 41.1 Å². The fourth-order valence-corrected chi connectivity index (χ4v) is 4.32. The van der Waals surface area contributed by atoms with Gasteiger partial charge in [0.2, 0.25) is 0 Å². The number of piperidine rings is 1. The highest BCUT2D eigenvalue weighted by molar-refractivity contribution is 8.00. The summed E-state index contributed by atoms with van der Waals surface area (Å²) < 4.78 is 6.39. The number of thioether (sulfide) groups is 1. The molecular formula is C15H19N3O5S2. The molecular weight excluding hydrogens is 366 g/mol. The minimum absolute atomic E-state index is 0.0987. The van der Waals surface area contributed by atoms with Gasteiger partial charge in [0.05, 0.1) is 13.0 Å². The topological polar surface area (TPSA) is 100 Å². The van der Waals surface area contributed by atoms with E-state index in [0.29, 0.717) is 38.2 Å². The maximum atomic E-state index is 12.5. The Morgan fingerprint density at radius 3 is 2.76 bits per heavy atom. The van der Waals surface area contributed by atoms with Gasteiger partial charge in [-0.2, -0.15) is 0 Å². The Balaban J connectivity index is 1.57.